The number of rotatable bonds is 3. The van der Waals surface area contributed by atoms with Crippen LogP contribution >= 0.6 is 0 Å². The van der Waals surface area contributed by atoms with E-state index in [1.54, 1.807) is 0 Å². The first-order valence-corrected chi connectivity index (χ1v) is 7.01. The van der Waals surface area contributed by atoms with E-state index in [1.807, 2.05) is 13.0 Å². The number of benzene rings is 1. The Labute approximate surface area is 115 Å². The highest BCUT2D eigenvalue weighted by Gasteiger charge is 2.17. The zero-order chi connectivity index (χ0) is 13.8. The molecule has 1 N–H and O–H groups in total. The smallest absolute Gasteiger partial charge is 0.338 e. The van der Waals surface area contributed by atoms with Crippen LogP contribution in [0, 0.1) is 19.8 Å². The number of nitrogens with one attached hydrogen (secondary N) is 1. The number of hydrogen-bond acceptors (Lipinski definition) is 3. The van der Waals surface area contributed by atoms with E-state index in [1.165, 1.54) is 31.1 Å². The molecule has 1 aliphatic heterocycles. The van der Waals surface area contributed by atoms with Crippen molar-refractivity contribution < 1.29 is 9.53 Å². The van der Waals surface area contributed by atoms with Crippen molar-refractivity contribution in [3.63, 3.8) is 0 Å². The van der Waals surface area contributed by atoms with Crippen molar-refractivity contribution in [3.8, 4) is 0 Å². The fraction of sp³-hybridized carbons (Fsp3) is 0.562. The second-order valence-corrected chi connectivity index (χ2v) is 5.47. The summed E-state index contributed by atoms with van der Waals surface area (Å²) in [4.78, 5) is 11.8. The van der Waals surface area contributed by atoms with E-state index in [4.69, 9.17) is 4.74 Å². The van der Waals surface area contributed by atoms with Crippen LogP contribution in [0.25, 0.3) is 0 Å². The quantitative estimate of drug-likeness (QED) is 0.850. The molecule has 0 spiro atoms. The maximum absolute atomic E-state index is 11.8. The molecular weight excluding hydrogens is 238 g/mol. The molecule has 0 atom stereocenters. The van der Waals surface area contributed by atoms with E-state index in [9.17, 15) is 4.79 Å². The number of carbonyl (C=O) groups is 1. The average Bonchev–Trinajstić information content (AvgIpc) is 2.43. The van der Waals surface area contributed by atoms with Gasteiger partial charge in [-0.3, -0.25) is 0 Å². The Morgan fingerprint density at radius 3 is 2.63 bits per heavy atom. The molecule has 0 bridgehead atoms. The Kier molecular flexibility index (Phi) is 4.59. The van der Waals surface area contributed by atoms with Crippen LogP contribution in [0.2, 0.25) is 0 Å². The standard InChI is InChI=1S/C16H23NO2/c1-11-8-14(9-13-4-6-17-7-5-13)10-15(12(11)2)16(18)19-3/h8,10,13,17H,4-7,9H2,1-3H3. The van der Waals surface area contributed by atoms with Crippen LogP contribution in [0.5, 0.6) is 0 Å². The Morgan fingerprint density at radius 2 is 2.00 bits per heavy atom. The summed E-state index contributed by atoms with van der Waals surface area (Å²) >= 11 is 0. The summed E-state index contributed by atoms with van der Waals surface area (Å²) in [5.41, 5.74) is 4.18. The number of methoxy groups -OCH3 is 1. The van der Waals surface area contributed by atoms with E-state index in [-0.39, 0.29) is 5.97 Å². The fourth-order valence-electron chi connectivity index (χ4n) is 2.79. The lowest BCUT2D eigenvalue weighted by Gasteiger charge is -2.23. The third kappa shape index (κ3) is 3.35. The fourth-order valence-corrected chi connectivity index (χ4v) is 2.79. The first kappa shape index (κ1) is 14.1. The summed E-state index contributed by atoms with van der Waals surface area (Å²) < 4.78 is 4.87. The minimum atomic E-state index is -0.229. The van der Waals surface area contributed by atoms with Gasteiger partial charge in [-0.2, -0.15) is 0 Å². The van der Waals surface area contributed by atoms with Crippen molar-refractivity contribution >= 4 is 5.97 Å². The first-order chi connectivity index (χ1) is 9.11. The highest BCUT2D eigenvalue weighted by atomic mass is 16.5. The molecule has 1 heterocycles. The highest BCUT2D eigenvalue weighted by Crippen LogP contribution is 2.23. The molecule has 0 saturated carbocycles. The van der Waals surface area contributed by atoms with Crippen molar-refractivity contribution in [2.24, 2.45) is 5.92 Å². The van der Waals surface area contributed by atoms with Crippen LogP contribution in [0.4, 0.5) is 0 Å². The molecule has 0 amide bonds. The van der Waals surface area contributed by atoms with Crippen molar-refractivity contribution in [1.29, 1.82) is 0 Å². The average molecular weight is 261 g/mol. The zero-order valence-electron chi connectivity index (χ0n) is 12.1. The van der Waals surface area contributed by atoms with E-state index >= 15 is 0 Å². The number of hydrogen-bond donors (Lipinski definition) is 1. The van der Waals surface area contributed by atoms with Gasteiger partial charge in [0.2, 0.25) is 0 Å². The number of carbonyl (C=O) groups excluding carboxylic acids is 1. The lowest BCUT2D eigenvalue weighted by Crippen LogP contribution is -2.28. The van der Waals surface area contributed by atoms with Gasteiger partial charge in [0.25, 0.3) is 0 Å². The number of aryl methyl sites for hydroxylation is 1. The number of ether oxygens (including phenoxy) is 1. The number of esters is 1. The molecule has 0 aliphatic carbocycles. The van der Waals surface area contributed by atoms with Crippen molar-refractivity contribution in [2.45, 2.75) is 33.1 Å². The molecule has 1 aromatic carbocycles. The minimum Gasteiger partial charge on any atom is -0.465 e. The zero-order valence-corrected chi connectivity index (χ0v) is 12.1. The topological polar surface area (TPSA) is 38.3 Å². The van der Waals surface area contributed by atoms with Crippen LogP contribution in [0.1, 0.15) is 39.9 Å². The summed E-state index contributed by atoms with van der Waals surface area (Å²) in [6.45, 7) is 6.27. The largest absolute Gasteiger partial charge is 0.465 e. The van der Waals surface area contributed by atoms with Crippen molar-refractivity contribution in [2.75, 3.05) is 20.2 Å². The molecule has 0 unspecified atom stereocenters. The second kappa shape index (κ2) is 6.20. The van der Waals surface area contributed by atoms with E-state index in [0.29, 0.717) is 5.56 Å². The van der Waals surface area contributed by atoms with Gasteiger partial charge in [-0.15, -0.1) is 0 Å². The van der Waals surface area contributed by atoms with Gasteiger partial charge in [-0.1, -0.05) is 6.07 Å². The van der Waals surface area contributed by atoms with Crippen LogP contribution in [0.3, 0.4) is 0 Å². The van der Waals surface area contributed by atoms with Crippen LogP contribution in [-0.2, 0) is 11.2 Å². The van der Waals surface area contributed by atoms with Gasteiger partial charge in [0, 0.05) is 0 Å². The Bertz CT molecular complexity index is 462. The number of piperidine rings is 1. The maximum Gasteiger partial charge on any atom is 0.338 e. The third-order valence-corrected chi connectivity index (χ3v) is 4.12. The summed E-state index contributed by atoms with van der Waals surface area (Å²) in [5, 5.41) is 3.39. The maximum atomic E-state index is 11.8. The molecule has 1 fully saturated rings. The lowest BCUT2D eigenvalue weighted by molar-refractivity contribution is 0.0599. The minimum absolute atomic E-state index is 0.229. The summed E-state index contributed by atoms with van der Waals surface area (Å²) in [7, 11) is 1.44. The van der Waals surface area contributed by atoms with E-state index < -0.39 is 0 Å². The third-order valence-electron chi connectivity index (χ3n) is 4.12. The summed E-state index contributed by atoms with van der Waals surface area (Å²) in [5.74, 6) is 0.501. The van der Waals surface area contributed by atoms with Crippen molar-refractivity contribution in [1.82, 2.24) is 5.32 Å². The molecule has 19 heavy (non-hydrogen) atoms. The molecule has 1 aliphatic rings. The molecule has 0 radical (unpaired) electrons. The molecule has 104 valence electrons. The van der Waals surface area contributed by atoms with Gasteiger partial charge in [0.05, 0.1) is 12.7 Å². The van der Waals surface area contributed by atoms with Gasteiger partial charge < -0.3 is 10.1 Å². The van der Waals surface area contributed by atoms with Crippen LogP contribution in [-0.4, -0.2) is 26.2 Å². The van der Waals surface area contributed by atoms with E-state index in [2.05, 4.69) is 18.3 Å². The van der Waals surface area contributed by atoms with Crippen LogP contribution < -0.4 is 5.32 Å². The Morgan fingerprint density at radius 1 is 1.32 bits per heavy atom. The molecule has 3 heteroatoms. The molecule has 1 aromatic rings. The first-order valence-electron chi connectivity index (χ1n) is 7.01. The highest BCUT2D eigenvalue weighted by molar-refractivity contribution is 5.91. The monoisotopic (exact) mass is 261 g/mol. The molecule has 3 nitrogen and oxygen atoms in total. The van der Waals surface area contributed by atoms with Gasteiger partial charge in [-0.25, -0.2) is 4.79 Å². The SMILES string of the molecule is COC(=O)c1cc(CC2CCNCC2)cc(C)c1C. The molecule has 1 saturated heterocycles. The lowest BCUT2D eigenvalue weighted by atomic mass is 9.88. The van der Waals surface area contributed by atoms with Gasteiger partial charge in [0.1, 0.15) is 0 Å². The summed E-state index contributed by atoms with van der Waals surface area (Å²) in [6.07, 6.45) is 3.51. The van der Waals surface area contributed by atoms with Gasteiger partial charge in [-0.05, 0) is 74.9 Å². The van der Waals surface area contributed by atoms with Crippen LogP contribution in [0.15, 0.2) is 12.1 Å². The van der Waals surface area contributed by atoms with Gasteiger partial charge >= 0.3 is 5.97 Å². The molecular formula is C16H23NO2. The predicted molar refractivity (Wildman–Crippen MR) is 76.6 cm³/mol. The van der Waals surface area contributed by atoms with Crippen molar-refractivity contribution in [3.05, 3.63) is 34.4 Å². The van der Waals surface area contributed by atoms with Gasteiger partial charge in [0.15, 0.2) is 0 Å². The summed E-state index contributed by atoms with van der Waals surface area (Å²) in [6, 6.07) is 4.22. The predicted octanol–water partition coefficient (Wildman–Crippen LogP) is 2.63. The molecule has 2 rings (SSSR count). The normalized spacial score (nSPS) is 16.4. The van der Waals surface area contributed by atoms with E-state index in [0.717, 1.165) is 31.0 Å². The Balaban J connectivity index is 2.20. The Hall–Kier alpha value is -1.35. The molecule has 0 aromatic heterocycles. The second-order valence-electron chi connectivity index (χ2n) is 5.47.